The summed E-state index contributed by atoms with van der Waals surface area (Å²) in [7, 11) is 1.40. The van der Waals surface area contributed by atoms with E-state index in [1.807, 2.05) is 13.8 Å². The van der Waals surface area contributed by atoms with Crippen molar-refractivity contribution in [3.63, 3.8) is 0 Å². The molecular formula is C14H20F3NO3. The molecule has 7 heteroatoms. The largest absolute Gasteiger partial charge is 0.493 e. The van der Waals surface area contributed by atoms with Gasteiger partial charge in [0.25, 0.3) is 0 Å². The number of benzene rings is 1. The number of ether oxygens (including phenoxy) is 2. The average Bonchev–Trinajstić information content (AvgIpc) is 2.41. The molecule has 1 aromatic rings. The summed E-state index contributed by atoms with van der Waals surface area (Å²) in [5.74, 6) is 0.488. The minimum Gasteiger partial charge on any atom is -0.493 e. The number of rotatable bonds is 7. The van der Waals surface area contributed by atoms with Crippen LogP contribution in [-0.4, -0.2) is 37.1 Å². The van der Waals surface area contributed by atoms with Gasteiger partial charge in [-0.1, -0.05) is 19.9 Å². The van der Waals surface area contributed by atoms with Gasteiger partial charge < -0.3 is 19.9 Å². The fraction of sp³-hybridized carbons (Fsp3) is 0.571. The number of nitrogens with one attached hydrogen (secondary N) is 1. The highest BCUT2D eigenvalue weighted by Gasteiger charge is 2.38. The van der Waals surface area contributed by atoms with Crippen LogP contribution in [0.4, 0.5) is 13.2 Å². The molecule has 1 aromatic carbocycles. The number of alkyl halides is 3. The Balaban J connectivity index is 2.70. The first kappa shape index (κ1) is 17.6. The van der Waals surface area contributed by atoms with Gasteiger partial charge in [0, 0.05) is 12.6 Å². The first-order valence-electron chi connectivity index (χ1n) is 6.52. The first-order chi connectivity index (χ1) is 9.74. The molecule has 0 aliphatic carbocycles. The van der Waals surface area contributed by atoms with Crippen molar-refractivity contribution >= 4 is 0 Å². The second-order valence-corrected chi connectivity index (χ2v) is 4.89. The number of halogens is 3. The summed E-state index contributed by atoms with van der Waals surface area (Å²) in [4.78, 5) is 0. The molecule has 0 aromatic heterocycles. The topological polar surface area (TPSA) is 50.7 Å². The molecule has 120 valence electrons. The summed E-state index contributed by atoms with van der Waals surface area (Å²) < 4.78 is 46.7. The Kier molecular flexibility index (Phi) is 6.29. The molecule has 0 saturated carbocycles. The predicted molar refractivity (Wildman–Crippen MR) is 72.5 cm³/mol. The van der Waals surface area contributed by atoms with E-state index in [1.165, 1.54) is 13.2 Å². The van der Waals surface area contributed by atoms with E-state index in [0.29, 0.717) is 18.3 Å². The van der Waals surface area contributed by atoms with Crippen LogP contribution in [0.15, 0.2) is 18.2 Å². The van der Waals surface area contributed by atoms with E-state index >= 15 is 0 Å². The molecule has 2 N–H and O–H groups in total. The van der Waals surface area contributed by atoms with Gasteiger partial charge in [0.1, 0.15) is 6.61 Å². The Hall–Kier alpha value is -1.47. The summed E-state index contributed by atoms with van der Waals surface area (Å²) in [6, 6.07) is 5.26. The highest BCUT2D eigenvalue weighted by atomic mass is 19.4. The zero-order valence-corrected chi connectivity index (χ0v) is 12.2. The van der Waals surface area contributed by atoms with Crippen molar-refractivity contribution in [3.05, 3.63) is 23.8 Å². The van der Waals surface area contributed by atoms with Crippen molar-refractivity contribution in [2.75, 3.05) is 13.7 Å². The number of hydrogen-bond acceptors (Lipinski definition) is 4. The van der Waals surface area contributed by atoms with Crippen molar-refractivity contribution in [2.24, 2.45) is 0 Å². The van der Waals surface area contributed by atoms with Gasteiger partial charge in [-0.2, -0.15) is 13.2 Å². The van der Waals surface area contributed by atoms with Gasteiger partial charge in [-0.15, -0.1) is 0 Å². The van der Waals surface area contributed by atoms with Crippen LogP contribution < -0.4 is 14.8 Å². The summed E-state index contributed by atoms with van der Waals surface area (Å²) in [5.41, 5.74) is 0.921. The van der Waals surface area contributed by atoms with Gasteiger partial charge in [-0.05, 0) is 17.7 Å². The van der Waals surface area contributed by atoms with Crippen molar-refractivity contribution < 1.29 is 27.8 Å². The molecule has 0 aliphatic rings. The SMILES string of the molecule is COc1cc(CNC(C)C)ccc1OCC(O)C(F)(F)F. The molecule has 0 bridgehead atoms. The molecule has 1 rings (SSSR count). The van der Waals surface area contributed by atoms with Gasteiger partial charge in [-0.3, -0.25) is 0 Å². The van der Waals surface area contributed by atoms with E-state index in [0.717, 1.165) is 5.56 Å². The number of aliphatic hydroxyl groups excluding tert-OH is 1. The average molecular weight is 307 g/mol. The van der Waals surface area contributed by atoms with Crippen LogP contribution in [0.5, 0.6) is 11.5 Å². The number of methoxy groups -OCH3 is 1. The normalized spacial score (nSPS) is 13.3. The van der Waals surface area contributed by atoms with E-state index in [2.05, 4.69) is 5.32 Å². The minimum atomic E-state index is -4.70. The molecule has 0 fully saturated rings. The van der Waals surface area contributed by atoms with Gasteiger partial charge >= 0.3 is 6.18 Å². The first-order valence-corrected chi connectivity index (χ1v) is 6.52. The van der Waals surface area contributed by atoms with Gasteiger partial charge in [0.2, 0.25) is 0 Å². The minimum absolute atomic E-state index is 0.161. The Morgan fingerprint density at radius 3 is 2.43 bits per heavy atom. The van der Waals surface area contributed by atoms with E-state index < -0.39 is 18.9 Å². The van der Waals surface area contributed by atoms with E-state index in [-0.39, 0.29) is 5.75 Å². The molecule has 0 spiro atoms. The monoisotopic (exact) mass is 307 g/mol. The van der Waals surface area contributed by atoms with Crippen molar-refractivity contribution in [3.8, 4) is 11.5 Å². The number of hydrogen-bond donors (Lipinski definition) is 2. The molecule has 0 saturated heterocycles. The third kappa shape index (κ3) is 5.81. The fourth-order valence-corrected chi connectivity index (χ4v) is 1.53. The predicted octanol–water partition coefficient (Wildman–Crippen LogP) is 2.50. The lowest BCUT2D eigenvalue weighted by molar-refractivity contribution is -0.210. The number of aliphatic hydroxyl groups is 1. The Morgan fingerprint density at radius 1 is 1.24 bits per heavy atom. The van der Waals surface area contributed by atoms with Crippen molar-refractivity contribution in [2.45, 2.75) is 38.7 Å². The zero-order chi connectivity index (χ0) is 16.0. The van der Waals surface area contributed by atoms with Crippen LogP contribution in [0.2, 0.25) is 0 Å². The van der Waals surface area contributed by atoms with Crippen LogP contribution in [0.1, 0.15) is 19.4 Å². The molecule has 0 aliphatic heterocycles. The third-order valence-corrected chi connectivity index (χ3v) is 2.72. The maximum Gasteiger partial charge on any atom is 0.417 e. The standard InChI is InChI=1S/C14H20F3NO3/c1-9(2)18-7-10-4-5-11(12(6-10)20-3)21-8-13(19)14(15,16)17/h4-6,9,13,18-19H,7-8H2,1-3H3. The lowest BCUT2D eigenvalue weighted by Crippen LogP contribution is -2.34. The Morgan fingerprint density at radius 2 is 1.90 bits per heavy atom. The molecular weight excluding hydrogens is 287 g/mol. The van der Waals surface area contributed by atoms with Crippen molar-refractivity contribution in [1.82, 2.24) is 5.32 Å². The molecule has 0 heterocycles. The molecule has 21 heavy (non-hydrogen) atoms. The molecule has 1 atom stereocenters. The van der Waals surface area contributed by atoms with E-state index in [4.69, 9.17) is 14.6 Å². The summed E-state index contributed by atoms with van der Waals surface area (Å²) in [6.45, 7) is 3.75. The van der Waals surface area contributed by atoms with Gasteiger partial charge in [0.05, 0.1) is 7.11 Å². The molecule has 0 radical (unpaired) electrons. The second-order valence-electron chi connectivity index (χ2n) is 4.89. The van der Waals surface area contributed by atoms with Crippen LogP contribution >= 0.6 is 0 Å². The van der Waals surface area contributed by atoms with Crippen molar-refractivity contribution in [1.29, 1.82) is 0 Å². The van der Waals surface area contributed by atoms with Crippen LogP contribution in [-0.2, 0) is 6.54 Å². The zero-order valence-electron chi connectivity index (χ0n) is 12.2. The molecule has 0 amide bonds. The Bertz CT molecular complexity index is 450. The molecule has 1 unspecified atom stereocenters. The smallest absolute Gasteiger partial charge is 0.417 e. The summed E-state index contributed by atoms with van der Waals surface area (Å²) in [5, 5.41) is 12.1. The van der Waals surface area contributed by atoms with Crippen LogP contribution in [0, 0.1) is 0 Å². The highest BCUT2D eigenvalue weighted by Crippen LogP contribution is 2.29. The quantitative estimate of drug-likeness (QED) is 0.812. The van der Waals surface area contributed by atoms with Gasteiger partial charge in [-0.25, -0.2) is 0 Å². The van der Waals surface area contributed by atoms with Crippen LogP contribution in [0.3, 0.4) is 0 Å². The Labute approximate surface area is 121 Å². The van der Waals surface area contributed by atoms with Gasteiger partial charge in [0.15, 0.2) is 17.6 Å². The highest BCUT2D eigenvalue weighted by molar-refractivity contribution is 5.43. The van der Waals surface area contributed by atoms with E-state index in [1.54, 1.807) is 12.1 Å². The summed E-state index contributed by atoms with van der Waals surface area (Å²) >= 11 is 0. The maximum absolute atomic E-state index is 12.2. The fourth-order valence-electron chi connectivity index (χ4n) is 1.53. The molecule has 4 nitrogen and oxygen atoms in total. The van der Waals surface area contributed by atoms with Crippen LogP contribution in [0.25, 0.3) is 0 Å². The van der Waals surface area contributed by atoms with E-state index in [9.17, 15) is 13.2 Å². The third-order valence-electron chi connectivity index (χ3n) is 2.72. The summed E-state index contributed by atoms with van der Waals surface area (Å²) in [6.07, 6.45) is -7.22. The lowest BCUT2D eigenvalue weighted by atomic mass is 10.2. The second kappa shape index (κ2) is 7.51. The maximum atomic E-state index is 12.2. The lowest BCUT2D eigenvalue weighted by Gasteiger charge is -2.17.